The molecule has 3 aliphatic rings. The first-order chi connectivity index (χ1) is 13.8. The van der Waals surface area contributed by atoms with Crippen molar-refractivity contribution in [2.24, 2.45) is 46.3 Å². The Balaban J connectivity index is 1.75. The van der Waals surface area contributed by atoms with Crippen LogP contribution in [0.5, 0.6) is 0 Å². The minimum absolute atomic E-state index is 0.0860. The molecule has 0 unspecified atom stereocenters. The van der Waals surface area contributed by atoms with Gasteiger partial charge in [-0.15, -0.1) is 0 Å². The molecule has 0 heterocycles. The highest BCUT2D eigenvalue weighted by atomic mass is 16.3. The Bertz CT molecular complexity index is 567. The summed E-state index contributed by atoms with van der Waals surface area (Å²) in [7, 11) is 0. The van der Waals surface area contributed by atoms with E-state index in [1.807, 2.05) is 0 Å². The van der Waals surface area contributed by atoms with Gasteiger partial charge >= 0.3 is 0 Å². The molecule has 0 bridgehead atoms. The SMILES string of the molecule is CC(C)CCC[C@H](C)[C@@H]1CC[C@@H]2[C@@H]3CC=C(CO)[C@](C)(CCCO)[C@@H]3CC[C@@]21C. The average molecular weight is 405 g/mol. The quantitative estimate of drug-likeness (QED) is 0.425. The molecule has 2 fully saturated rings. The predicted molar refractivity (Wildman–Crippen MR) is 123 cm³/mol. The van der Waals surface area contributed by atoms with Gasteiger partial charge in [0.15, 0.2) is 0 Å². The molecule has 2 saturated carbocycles. The van der Waals surface area contributed by atoms with E-state index in [4.69, 9.17) is 0 Å². The monoisotopic (exact) mass is 404 g/mol. The van der Waals surface area contributed by atoms with Gasteiger partial charge in [-0.2, -0.15) is 0 Å². The van der Waals surface area contributed by atoms with E-state index in [1.54, 1.807) is 0 Å². The van der Waals surface area contributed by atoms with Crippen LogP contribution in [0.2, 0.25) is 0 Å². The summed E-state index contributed by atoms with van der Waals surface area (Å²) in [5.74, 6) is 4.90. The molecule has 0 saturated heterocycles. The molecule has 168 valence electrons. The lowest BCUT2D eigenvalue weighted by atomic mass is 9.48. The molecule has 0 radical (unpaired) electrons. The zero-order valence-electron chi connectivity index (χ0n) is 19.9. The van der Waals surface area contributed by atoms with Gasteiger partial charge in [0.1, 0.15) is 0 Å². The first-order valence-corrected chi connectivity index (χ1v) is 12.7. The van der Waals surface area contributed by atoms with Crippen molar-refractivity contribution in [2.45, 2.75) is 98.8 Å². The summed E-state index contributed by atoms with van der Waals surface area (Å²) in [6.45, 7) is 12.7. The summed E-state index contributed by atoms with van der Waals surface area (Å²) in [5, 5.41) is 19.5. The summed E-state index contributed by atoms with van der Waals surface area (Å²) < 4.78 is 0. The van der Waals surface area contributed by atoms with Crippen molar-refractivity contribution < 1.29 is 10.2 Å². The van der Waals surface area contributed by atoms with Gasteiger partial charge in [0.05, 0.1) is 6.61 Å². The second kappa shape index (κ2) is 9.43. The molecule has 0 spiro atoms. The lowest BCUT2D eigenvalue weighted by Crippen LogP contribution is -2.49. The lowest BCUT2D eigenvalue weighted by molar-refractivity contribution is -0.0495. The van der Waals surface area contributed by atoms with Gasteiger partial charge in [0.25, 0.3) is 0 Å². The van der Waals surface area contributed by atoms with Crippen molar-refractivity contribution in [1.82, 2.24) is 0 Å². The van der Waals surface area contributed by atoms with Gasteiger partial charge in [-0.05, 0) is 96.9 Å². The van der Waals surface area contributed by atoms with Crippen LogP contribution in [0.4, 0.5) is 0 Å². The number of hydrogen-bond donors (Lipinski definition) is 2. The molecule has 0 aromatic heterocycles. The van der Waals surface area contributed by atoms with Crippen molar-refractivity contribution in [2.75, 3.05) is 13.2 Å². The van der Waals surface area contributed by atoms with E-state index in [-0.39, 0.29) is 18.6 Å². The largest absolute Gasteiger partial charge is 0.396 e. The van der Waals surface area contributed by atoms with E-state index in [1.165, 1.54) is 56.9 Å². The average Bonchev–Trinajstić information content (AvgIpc) is 3.03. The maximum atomic E-state index is 10.1. The van der Waals surface area contributed by atoms with E-state index in [2.05, 4.69) is 40.7 Å². The van der Waals surface area contributed by atoms with E-state index in [0.29, 0.717) is 11.3 Å². The molecule has 2 N–H and O–H groups in total. The van der Waals surface area contributed by atoms with Crippen molar-refractivity contribution in [3.8, 4) is 0 Å². The van der Waals surface area contributed by atoms with Gasteiger partial charge < -0.3 is 10.2 Å². The highest BCUT2D eigenvalue weighted by molar-refractivity contribution is 5.23. The van der Waals surface area contributed by atoms with E-state index in [9.17, 15) is 10.2 Å². The number of fused-ring (bicyclic) bond motifs is 3. The Labute approximate surface area is 180 Å². The van der Waals surface area contributed by atoms with Crippen LogP contribution in [-0.4, -0.2) is 23.4 Å². The molecule has 2 heteroatoms. The lowest BCUT2D eigenvalue weighted by Gasteiger charge is -2.57. The number of hydrogen-bond acceptors (Lipinski definition) is 2. The van der Waals surface area contributed by atoms with Crippen LogP contribution in [0.1, 0.15) is 98.8 Å². The molecule has 0 aliphatic heterocycles. The highest BCUT2D eigenvalue weighted by Gasteiger charge is 2.58. The number of rotatable bonds is 9. The third-order valence-corrected chi connectivity index (χ3v) is 9.85. The van der Waals surface area contributed by atoms with Crippen LogP contribution < -0.4 is 0 Å². The first kappa shape index (κ1) is 23.3. The maximum Gasteiger partial charge on any atom is 0.0647 e. The van der Waals surface area contributed by atoms with Crippen molar-refractivity contribution >= 4 is 0 Å². The van der Waals surface area contributed by atoms with E-state index in [0.717, 1.165) is 42.4 Å². The fourth-order valence-electron chi connectivity index (χ4n) is 8.22. The third kappa shape index (κ3) is 4.36. The molecular weight excluding hydrogens is 356 g/mol. The molecule has 3 aliphatic carbocycles. The van der Waals surface area contributed by atoms with E-state index >= 15 is 0 Å². The normalized spacial score (nSPS) is 40.5. The summed E-state index contributed by atoms with van der Waals surface area (Å²) in [4.78, 5) is 0. The minimum Gasteiger partial charge on any atom is -0.396 e. The summed E-state index contributed by atoms with van der Waals surface area (Å²) in [6, 6.07) is 0. The number of allylic oxidation sites excluding steroid dienone is 1. The summed E-state index contributed by atoms with van der Waals surface area (Å²) in [5.41, 5.74) is 1.86. The Morgan fingerprint density at radius 3 is 2.41 bits per heavy atom. The summed E-state index contributed by atoms with van der Waals surface area (Å²) in [6.07, 6.45) is 15.1. The zero-order chi connectivity index (χ0) is 21.2. The second-order valence-corrected chi connectivity index (χ2v) is 11.8. The Kier molecular flexibility index (Phi) is 7.58. The maximum absolute atomic E-state index is 10.1. The Morgan fingerprint density at radius 2 is 1.76 bits per heavy atom. The first-order valence-electron chi connectivity index (χ1n) is 12.7. The Morgan fingerprint density at radius 1 is 1.00 bits per heavy atom. The van der Waals surface area contributed by atoms with Crippen molar-refractivity contribution in [3.63, 3.8) is 0 Å². The molecule has 0 aromatic carbocycles. The molecule has 0 aromatic rings. The third-order valence-electron chi connectivity index (χ3n) is 9.85. The van der Waals surface area contributed by atoms with Crippen LogP contribution in [0.25, 0.3) is 0 Å². The molecular formula is C27H48O2. The predicted octanol–water partition coefficient (Wildman–Crippen LogP) is 6.61. The summed E-state index contributed by atoms with van der Waals surface area (Å²) >= 11 is 0. The van der Waals surface area contributed by atoms with Gasteiger partial charge in [-0.25, -0.2) is 0 Å². The van der Waals surface area contributed by atoms with Gasteiger partial charge in [0, 0.05) is 6.61 Å². The fourth-order valence-corrected chi connectivity index (χ4v) is 8.22. The standard InChI is InChI=1S/C27H48O2/c1-19(2)8-6-9-20(3)23-12-13-24-22-11-10-21(18-29)26(4,15-7-17-28)25(22)14-16-27(23,24)5/h10,19-20,22-25,28-29H,6-9,11-18H2,1-5H3/t20-,22-,23-,24+,25+,26-,27+/m0/s1. The van der Waals surface area contributed by atoms with Crippen molar-refractivity contribution in [3.05, 3.63) is 11.6 Å². The molecule has 2 nitrogen and oxygen atoms in total. The van der Waals surface area contributed by atoms with Crippen LogP contribution in [0.15, 0.2) is 11.6 Å². The van der Waals surface area contributed by atoms with Crippen molar-refractivity contribution in [1.29, 1.82) is 0 Å². The topological polar surface area (TPSA) is 40.5 Å². The van der Waals surface area contributed by atoms with Gasteiger partial charge in [-0.3, -0.25) is 0 Å². The van der Waals surface area contributed by atoms with Crippen LogP contribution in [0, 0.1) is 46.3 Å². The molecule has 7 atom stereocenters. The zero-order valence-corrected chi connectivity index (χ0v) is 19.9. The van der Waals surface area contributed by atoms with Crippen LogP contribution in [0.3, 0.4) is 0 Å². The second-order valence-electron chi connectivity index (χ2n) is 11.8. The Hall–Kier alpha value is -0.340. The van der Waals surface area contributed by atoms with Gasteiger partial charge in [0.2, 0.25) is 0 Å². The number of aliphatic hydroxyl groups excluding tert-OH is 2. The smallest absolute Gasteiger partial charge is 0.0647 e. The van der Waals surface area contributed by atoms with Gasteiger partial charge in [-0.1, -0.05) is 60.0 Å². The highest BCUT2D eigenvalue weighted by Crippen LogP contribution is 2.66. The minimum atomic E-state index is 0.0860. The van der Waals surface area contributed by atoms with Crippen LogP contribution in [-0.2, 0) is 0 Å². The molecule has 3 rings (SSSR count). The molecule has 0 amide bonds. The molecule has 29 heavy (non-hydrogen) atoms. The van der Waals surface area contributed by atoms with Crippen LogP contribution >= 0.6 is 0 Å². The van der Waals surface area contributed by atoms with E-state index < -0.39 is 0 Å². The fraction of sp³-hybridized carbons (Fsp3) is 0.926. The number of aliphatic hydroxyl groups is 2.